The van der Waals surface area contributed by atoms with Crippen LogP contribution in [-0.2, 0) is 6.54 Å². The Morgan fingerprint density at radius 1 is 1.05 bits per heavy atom. The van der Waals surface area contributed by atoms with E-state index in [0.29, 0.717) is 24.3 Å². The summed E-state index contributed by atoms with van der Waals surface area (Å²) in [7, 11) is 1.98. The summed E-state index contributed by atoms with van der Waals surface area (Å²) in [5.74, 6) is -1.19. The van der Waals surface area contributed by atoms with Gasteiger partial charge in [0.15, 0.2) is 0 Å². The van der Waals surface area contributed by atoms with Crippen LogP contribution < -0.4 is 4.90 Å². The standard InChI is InChI=1S/C17H15F2N3/c1-21-4-5-22(16-8-14(18)7-15(19)9-16)17-3-2-12(10-20)6-13(17)11-21/h2-3,6-9H,4-5,11H2,1H3. The van der Waals surface area contributed by atoms with Crippen LogP contribution in [0.25, 0.3) is 0 Å². The molecule has 3 rings (SSSR count). The molecule has 0 radical (unpaired) electrons. The van der Waals surface area contributed by atoms with Crippen LogP contribution in [0.15, 0.2) is 36.4 Å². The lowest BCUT2D eigenvalue weighted by Crippen LogP contribution is -2.26. The number of halogens is 2. The number of rotatable bonds is 1. The van der Waals surface area contributed by atoms with Crippen LogP contribution in [0.2, 0.25) is 0 Å². The second-order valence-electron chi connectivity index (χ2n) is 5.47. The number of hydrogen-bond acceptors (Lipinski definition) is 3. The largest absolute Gasteiger partial charge is 0.340 e. The molecule has 1 heterocycles. The molecule has 0 atom stereocenters. The Morgan fingerprint density at radius 2 is 1.77 bits per heavy atom. The van der Waals surface area contributed by atoms with Gasteiger partial charge in [0.25, 0.3) is 0 Å². The molecule has 3 nitrogen and oxygen atoms in total. The predicted octanol–water partition coefficient (Wildman–Crippen LogP) is 3.42. The molecule has 0 amide bonds. The van der Waals surface area contributed by atoms with Gasteiger partial charge in [-0.05, 0) is 42.9 Å². The number of fused-ring (bicyclic) bond motifs is 1. The van der Waals surface area contributed by atoms with Crippen LogP contribution in [0.4, 0.5) is 20.2 Å². The summed E-state index contributed by atoms with van der Waals surface area (Å²) in [5.41, 5.74) is 2.93. The highest BCUT2D eigenvalue weighted by atomic mass is 19.1. The van der Waals surface area contributed by atoms with Gasteiger partial charge in [-0.1, -0.05) is 0 Å². The Balaban J connectivity index is 2.11. The van der Waals surface area contributed by atoms with Gasteiger partial charge in [0.05, 0.1) is 11.6 Å². The molecular weight excluding hydrogens is 284 g/mol. The minimum atomic E-state index is -0.595. The summed E-state index contributed by atoms with van der Waals surface area (Å²) in [6.45, 7) is 2.08. The van der Waals surface area contributed by atoms with Crippen LogP contribution in [0.3, 0.4) is 0 Å². The van der Waals surface area contributed by atoms with E-state index in [1.54, 1.807) is 6.07 Å². The minimum absolute atomic E-state index is 0.485. The molecule has 0 fully saturated rings. The molecule has 0 saturated carbocycles. The number of anilines is 2. The zero-order chi connectivity index (χ0) is 15.7. The molecule has 0 N–H and O–H groups in total. The van der Waals surface area contributed by atoms with Crippen LogP contribution in [0, 0.1) is 23.0 Å². The molecule has 22 heavy (non-hydrogen) atoms. The Bertz CT molecular complexity index is 732. The summed E-state index contributed by atoms with van der Waals surface area (Å²) in [6, 6.07) is 11.1. The molecule has 2 aromatic carbocycles. The molecular formula is C17H15F2N3. The third kappa shape index (κ3) is 2.78. The van der Waals surface area contributed by atoms with Crippen molar-refractivity contribution in [3.8, 4) is 6.07 Å². The van der Waals surface area contributed by atoms with Gasteiger partial charge >= 0.3 is 0 Å². The van der Waals surface area contributed by atoms with E-state index in [0.717, 1.165) is 23.9 Å². The summed E-state index contributed by atoms with van der Waals surface area (Å²) in [5, 5.41) is 9.05. The van der Waals surface area contributed by atoms with Gasteiger partial charge in [0.1, 0.15) is 11.6 Å². The Kier molecular flexibility index (Phi) is 3.78. The summed E-state index contributed by atoms with van der Waals surface area (Å²) >= 11 is 0. The zero-order valence-corrected chi connectivity index (χ0v) is 12.2. The van der Waals surface area contributed by atoms with Gasteiger partial charge in [-0.2, -0.15) is 5.26 Å². The molecule has 2 aromatic rings. The molecule has 0 unspecified atom stereocenters. The highest BCUT2D eigenvalue weighted by molar-refractivity contribution is 5.68. The average Bonchev–Trinajstić information content (AvgIpc) is 2.63. The topological polar surface area (TPSA) is 30.3 Å². The van der Waals surface area contributed by atoms with E-state index in [-0.39, 0.29) is 0 Å². The Labute approximate surface area is 128 Å². The van der Waals surface area contributed by atoms with Gasteiger partial charge in [0.2, 0.25) is 0 Å². The van der Waals surface area contributed by atoms with Crippen molar-refractivity contribution in [2.45, 2.75) is 6.54 Å². The molecule has 0 spiro atoms. The van der Waals surface area contributed by atoms with Crippen molar-refractivity contribution in [1.29, 1.82) is 5.26 Å². The van der Waals surface area contributed by atoms with Crippen molar-refractivity contribution in [2.75, 3.05) is 25.0 Å². The van der Waals surface area contributed by atoms with Gasteiger partial charge in [0, 0.05) is 37.1 Å². The molecule has 0 aromatic heterocycles. The third-order valence-electron chi connectivity index (χ3n) is 3.80. The SMILES string of the molecule is CN1CCN(c2cc(F)cc(F)c2)c2ccc(C#N)cc2C1. The van der Waals surface area contributed by atoms with Crippen LogP contribution in [0.1, 0.15) is 11.1 Å². The van der Waals surface area contributed by atoms with E-state index in [1.165, 1.54) is 12.1 Å². The van der Waals surface area contributed by atoms with Gasteiger partial charge in [-0.3, -0.25) is 0 Å². The maximum absolute atomic E-state index is 13.5. The fraction of sp³-hybridized carbons (Fsp3) is 0.235. The molecule has 1 aliphatic heterocycles. The van der Waals surface area contributed by atoms with Crippen molar-refractivity contribution in [3.05, 3.63) is 59.2 Å². The predicted molar refractivity (Wildman–Crippen MR) is 80.9 cm³/mol. The number of nitriles is 1. The van der Waals surface area contributed by atoms with Crippen molar-refractivity contribution in [1.82, 2.24) is 4.90 Å². The first-order chi connectivity index (χ1) is 10.6. The van der Waals surface area contributed by atoms with Crippen LogP contribution in [-0.4, -0.2) is 25.0 Å². The fourth-order valence-corrected chi connectivity index (χ4v) is 2.77. The summed E-state index contributed by atoms with van der Waals surface area (Å²) < 4.78 is 27.1. The number of likely N-dealkylation sites (N-methyl/N-ethyl adjacent to an activating group) is 1. The number of hydrogen-bond donors (Lipinski definition) is 0. The quantitative estimate of drug-likeness (QED) is 0.808. The first-order valence-electron chi connectivity index (χ1n) is 7.02. The lowest BCUT2D eigenvalue weighted by molar-refractivity contribution is 0.343. The maximum atomic E-state index is 13.5. The van der Waals surface area contributed by atoms with Crippen LogP contribution in [0.5, 0.6) is 0 Å². The molecule has 5 heteroatoms. The maximum Gasteiger partial charge on any atom is 0.128 e. The van der Waals surface area contributed by atoms with Crippen molar-refractivity contribution < 1.29 is 8.78 Å². The second-order valence-corrected chi connectivity index (χ2v) is 5.47. The smallest absolute Gasteiger partial charge is 0.128 e. The second kappa shape index (κ2) is 5.74. The third-order valence-corrected chi connectivity index (χ3v) is 3.80. The lowest BCUT2D eigenvalue weighted by atomic mass is 10.1. The van der Waals surface area contributed by atoms with Gasteiger partial charge in [-0.15, -0.1) is 0 Å². The zero-order valence-electron chi connectivity index (χ0n) is 12.2. The fourth-order valence-electron chi connectivity index (χ4n) is 2.77. The molecule has 1 aliphatic rings. The summed E-state index contributed by atoms with van der Waals surface area (Å²) in [6.07, 6.45) is 0. The molecule has 0 bridgehead atoms. The van der Waals surface area contributed by atoms with E-state index in [2.05, 4.69) is 11.0 Å². The van der Waals surface area contributed by atoms with E-state index in [9.17, 15) is 8.78 Å². The average molecular weight is 299 g/mol. The normalized spacial score (nSPS) is 15.1. The van der Waals surface area contributed by atoms with E-state index >= 15 is 0 Å². The van der Waals surface area contributed by atoms with E-state index < -0.39 is 11.6 Å². The first-order valence-corrected chi connectivity index (χ1v) is 7.02. The van der Waals surface area contributed by atoms with Gasteiger partial charge in [-0.25, -0.2) is 8.78 Å². The van der Waals surface area contributed by atoms with E-state index in [4.69, 9.17) is 5.26 Å². The molecule has 0 aliphatic carbocycles. The van der Waals surface area contributed by atoms with Gasteiger partial charge < -0.3 is 9.80 Å². The van der Waals surface area contributed by atoms with E-state index in [1.807, 2.05) is 24.1 Å². The lowest BCUT2D eigenvalue weighted by Gasteiger charge is -2.25. The highest BCUT2D eigenvalue weighted by Gasteiger charge is 2.20. The Morgan fingerprint density at radius 3 is 2.45 bits per heavy atom. The molecule has 112 valence electrons. The van der Waals surface area contributed by atoms with Crippen molar-refractivity contribution >= 4 is 11.4 Å². The summed E-state index contributed by atoms with van der Waals surface area (Å²) in [4.78, 5) is 4.02. The highest BCUT2D eigenvalue weighted by Crippen LogP contribution is 2.32. The molecule has 0 saturated heterocycles. The monoisotopic (exact) mass is 299 g/mol. The van der Waals surface area contributed by atoms with Crippen molar-refractivity contribution in [3.63, 3.8) is 0 Å². The number of nitrogens with zero attached hydrogens (tertiary/aromatic N) is 3. The van der Waals surface area contributed by atoms with Crippen molar-refractivity contribution in [2.24, 2.45) is 0 Å². The number of benzene rings is 2. The minimum Gasteiger partial charge on any atom is -0.340 e. The van der Waals surface area contributed by atoms with Crippen LogP contribution >= 0.6 is 0 Å². The first kappa shape index (κ1) is 14.5. The Hall–Kier alpha value is -2.45.